The van der Waals surface area contributed by atoms with Crippen LogP contribution in [-0.4, -0.2) is 40.8 Å². The monoisotopic (exact) mass is 340 g/mol. The topological polar surface area (TPSA) is 30.5 Å². The van der Waals surface area contributed by atoms with Crippen molar-refractivity contribution in [2.24, 2.45) is 0 Å². The summed E-state index contributed by atoms with van der Waals surface area (Å²) < 4.78 is 0. The van der Waals surface area contributed by atoms with Gasteiger partial charge in [0.2, 0.25) is 0 Å². The summed E-state index contributed by atoms with van der Waals surface area (Å²) in [6.45, 7) is 4.97. The molecule has 0 fully saturated rings. The molecular formula is C21H32N4. The molecule has 0 aliphatic heterocycles. The number of rotatable bonds is 9. The molecule has 0 spiro atoms. The van der Waals surface area contributed by atoms with Gasteiger partial charge in [0.1, 0.15) is 0 Å². The van der Waals surface area contributed by atoms with Gasteiger partial charge in [-0.05, 0) is 42.3 Å². The number of nitrogens with zero attached hydrogens (tertiary/aromatic N) is 2. The van der Waals surface area contributed by atoms with E-state index in [-0.39, 0.29) is 0 Å². The maximum atomic E-state index is 3.58. The fourth-order valence-corrected chi connectivity index (χ4v) is 2.62. The molecule has 4 heteroatoms. The average Bonchev–Trinajstić information content (AvgIpc) is 2.60. The van der Waals surface area contributed by atoms with Crippen LogP contribution in [0.4, 0.5) is 11.4 Å². The second-order valence-corrected chi connectivity index (χ2v) is 7.03. The van der Waals surface area contributed by atoms with Gasteiger partial charge in [0.05, 0.1) is 0 Å². The van der Waals surface area contributed by atoms with Crippen LogP contribution in [0.15, 0.2) is 48.5 Å². The molecule has 0 amide bonds. The molecule has 2 N–H and O–H groups in total. The molecule has 0 aromatic heterocycles. The number of hydrogen-bond acceptors (Lipinski definition) is 4. The molecule has 1 atom stereocenters. The SMILES string of the molecule is CC(CNCc1ccc(N(C)C)cc1)NCc1ccc(N(C)C)cc1. The first kappa shape index (κ1) is 19.3. The average molecular weight is 341 g/mol. The molecule has 2 aromatic carbocycles. The van der Waals surface area contributed by atoms with Crippen LogP contribution in [0.5, 0.6) is 0 Å². The van der Waals surface area contributed by atoms with Gasteiger partial charge in [-0.25, -0.2) is 0 Å². The molecule has 2 rings (SSSR count). The summed E-state index contributed by atoms with van der Waals surface area (Å²) in [5, 5.41) is 7.10. The van der Waals surface area contributed by atoms with E-state index >= 15 is 0 Å². The molecule has 0 aliphatic carbocycles. The first-order valence-electron chi connectivity index (χ1n) is 8.92. The lowest BCUT2D eigenvalue weighted by molar-refractivity contribution is 0.501. The van der Waals surface area contributed by atoms with Crippen LogP contribution in [0.2, 0.25) is 0 Å². The van der Waals surface area contributed by atoms with E-state index in [0.29, 0.717) is 6.04 Å². The Kier molecular flexibility index (Phi) is 7.29. The van der Waals surface area contributed by atoms with E-state index in [0.717, 1.165) is 19.6 Å². The number of benzene rings is 2. The first-order valence-corrected chi connectivity index (χ1v) is 8.92. The molecule has 2 aromatic rings. The van der Waals surface area contributed by atoms with Crippen LogP contribution in [-0.2, 0) is 13.1 Å². The van der Waals surface area contributed by atoms with E-state index in [1.165, 1.54) is 22.5 Å². The predicted molar refractivity (Wildman–Crippen MR) is 110 cm³/mol. The van der Waals surface area contributed by atoms with Crippen molar-refractivity contribution in [1.29, 1.82) is 0 Å². The maximum Gasteiger partial charge on any atom is 0.0361 e. The molecule has 4 nitrogen and oxygen atoms in total. The lowest BCUT2D eigenvalue weighted by Crippen LogP contribution is -2.35. The van der Waals surface area contributed by atoms with E-state index in [9.17, 15) is 0 Å². The summed E-state index contributed by atoms with van der Waals surface area (Å²) >= 11 is 0. The largest absolute Gasteiger partial charge is 0.378 e. The Morgan fingerprint density at radius 2 is 1.16 bits per heavy atom. The summed E-state index contributed by atoms with van der Waals surface area (Å²) in [5.41, 5.74) is 5.10. The Bertz CT molecular complexity index is 617. The summed E-state index contributed by atoms with van der Waals surface area (Å²) in [6, 6.07) is 17.8. The molecular weight excluding hydrogens is 308 g/mol. The highest BCUT2D eigenvalue weighted by Gasteiger charge is 2.03. The van der Waals surface area contributed by atoms with E-state index in [1.807, 2.05) is 0 Å². The van der Waals surface area contributed by atoms with Crippen molar-refractivity contribution in [2.45, 2.75) is 26.1 Å². The third kappa shape index (κ3) is 6.40. The highest BCUT2D eigenvalue weighted by atomic mass is 15.1. The van der Waals surface area contributed by atoms with Crippen LogP contribution >= 0.6 is 0 Å². The summed E-state index contributed by atoms with van der Waals surface area (Å²) in [7, 11) is 8.26. The zero-order valence-electron chi connectivity index (χ0n) is 16.2. The van der Waals surface area contributed by atoms with E-state index in [2.05, 4.69) is 104 Å². The second-order valence-electron chi connectivity index (χ2n) is 7.03. The Labute approximate surface area is 152 Å². The molecule has 0 heterocycles. The maximum absolute atomic E-state index is 3.58. The lowest BCUT2D eigenvalue weighted by Gasteiger charge is -2.17. The van der Waals surface area contributed by atoms with Gasteiger partial charge in [-0.3, -0.25) is 0 Å². The van der Waals surface area contributed by atoms with Crippen molar-refractivity contribution in [3.05, 3.63) is 59.7 Å². The molecule has 25 heavy (non-hydrogen) atoms. The van der Waals surface area contributed by atoms with Gasteiger partial charge in [0.15, 0.2) is 0 Å². The highest BCUT2D eigenvalue weighted by Crippen LogP contribution is 2.13. The molecule has 0 radical (unpaired) electrons. The van der Waals surface area contributed by atoms with Crippen molar-refractivity contribution in [2.75, 3.05) is 44.5 Å². The number of hydrogen-bond donors (Lipinski definition) is 2. The van der Waals surface area contributed by atoms with E-state index in [1.54, 1.807) is 0 Å². The minimum Gasteiger partial charge on any atom is -0.378 e. The van der Waals surface area contributed by atoms with E-state index in [4.69, 9.17) is 0 Å². The normalized spacial score (nSPS) is 12.0. The Morgan fingerprint density at radius 1 is 0.720 bits per heavy atom. The van der Waals surface area contributed by atoms with Gasteiger partial charge < -0.3 is 20.4 Å². The van der Waals surface area contributed by atoms with Crippen molar-refractivity contribution in [3.8, 4) is 0 Å². The Morgan fingerprint density at radius 3 is 1.60 bits per heavy atom. The summed E-state index contributed by atoms with van der Waals surface area (Å²) in [6.07, 6.45) is 0. The quantitative estimate of drug-likeness (QED) is 0.734. The molecule has 0 saturated carbocycles. The van der Waals surface area contributed by atoms with Crippen molar-refractivity contribution < 1.29 is 0 Å². The Hall–Kier alpha value is -2.04. The van der Waals surface area contributed by atoms with Crippen LogP contribution < -0.4 is 20.4 Å². The summed E-state index contributed by atoms with van der Waals surface area (Å²) in [4.78, 5) is 4.24. The molecule has 136 valence electrons. The van der Waals surface area contributed by atoms with Gasteiger partial charge in [-0.15, -0.1) is 0 Å². The van der Waals surface area contributed by atoms with Crippen molar-refractivity contribution >= 4 is 11.4 Å². The smallest absolute Gasteiger partial charge is 0.0361 e. The minimum absolute atomic E-state index is 0.426. The van der Waals surface area contributed by atoms with Gasteiger partial charge in [-0.1, -0.05) is 24.3 Å². The van der Waals surface area contributed by atoms with Crippen LogP contribution in [0.25, 0.3) is 0 Å². The minimum atomic E-state index is 0.426. The standard InChI is InChI=1S/C21H32N4/c1-17(23-16-19-8-12-21(13-9-19)25(4)5)14-22-15-18-6-10-20(11-7-18)24(2)3/h6-13,17,22-23H,14-16H2,1-5H3. The van der Waals surface area contributed by atoms with Gasteiger partial charge in [0, 0.05) is 65.2 Å². The van der Waals surface area contributed by atoms with Gasteiger partial charge >= 0.3 is 0 Å². The third-order valence-corrected chi connectivity index (χ3v) is 4.34. The molecule has 0 saturated heterocycles. The zero-order chi connectivity index (χ0) is 18.2. The van der Waals surface area contributed by atoms with Crippen molar-refractivity contribution in [3.63, 3.8) is 0 Å². The molecule has 1 unspecified atom stereocenters. The van der Waals surface area contributed by atoms with E-state index < -0.39 is 0 Å². The van der Waals surface area contributed by atoms with Crippen LogP contribution in [0.1, 0.15) is 18.1 Å². The number of anilines is 2. The predicted octanol–water partition coefficient (Wildman–Crippen LogP) is 3.09. The van der Waals surface area contributed by atoms with Crippen LogP contribution in [0, 0.1) is 0 Å². The fraction of sp³-hybridized carbons (Fsp3) is 0.429. The molecule has 0 aliphatic rings. The second kappa shape index (κ2) is 9.44. The highest BCUT2D eigenvalue weighted by molar-refractivity contribution is 5.46. The third-order valence-electron chi connectivity index (χ3n) is 4.34. The molecule has 0 bridgehead atoms. The zero-order valence-corrected chi connectivity index (χ0v) is 16.2. The Balaban J connectivity index is 1.69. The summed E-state index contributed by atoms with van der Waals surface area (Å²) in [5.74, 6) is 0. The number of nitrogens with one attached hydrogen (secondary N) is 2. The van der Waals surface area contributed by atoms with Gasteiger partial charge in [0.25, 0.3) is 0 Å². The lowest BCUT2D eigenvalue weighted by atomic mass is 10.2. The fourth-order valence-electron chi connectivity index (χ4n) is 2.62. The first-order chi connectivity index (χ1) is 12.0. The van der Waals surface area contributed by atoms with Crippen LogP contribution in [0.3, 0.4) is 0 Å². The van der Waals surface area contributed by atoms with Crippen molar-refractivity contribution in [1.82, 2.24) is 10.6 Å². The van der Waals surface area contributed by atoms with Gasteiger partial charge in [-0.2, -0.15) is 0 Å².